The van der Waals surface area contributed by atoms with Crippen molar-refractivity contribution < 1.29 is 8.42 Å². The molecule has 0 unspecified atom stereocenters. The fourth-order valence-corrected chi connectivity index (χ4v) is 4.37. The van der Waals surface area contributed by atoms with Crippen LogP contribution >= 0.6 is 15.9 Å². The molecule has 0 saturated carbocycles. The van der Waals surface area contributed by atoms with E-state index in [9.17, 15) is 8.42 Å². The summed E-state index contributed by atoms with van der Waals surface area (Å²) in [7, 11) is -3.29. The molecule has 1 aliphatic heterocycles. The van der Waals surface area contributed by atoms with Crippen LogP contribution in [0.1, 0.15) is 5.69 Å². The normalized spacial score (nSPS) is 15.3. The summed E-state index contributed by atoms with van der Waals surface area (Å²) in [4.78, 5) is 4.79. The van der Waals surface area contributed by atoms with Crippen molar-refractivity contribution in [2.75, 3.05) is 19.3 Å². The number of aromatic nitrogens is 1. The molecular formula is C14H16BrN3O2S. The van der Waals surface area contributed by atoms with Crippen LogP contribution in [0, 0.1) is 6.92 Å². The summed E-state index contributed by atoms with van der Waals surface area (Å²) in [6.07, 6.45) is 1.26. The van der Waals surface area contributed by atoms with Gasteiger partial charge in [-0.3, -0.25) is 4.99 Å². The van der Waals surface area contributed by atoms with Crippen molar-refractivity contribution in [1.82, 2.24) is 9.88 Å². The molecule has 1 N–H and O–H groups in total. The summed E-state index contributed by atoms with van der Waals surface area (Å²) in [5, 5.41) is 3.98. The van der Waals surface area contributed by atoms with Gasteiger partial charge in [0.05, 0.1) is 23.5 Å². The number of nitrogens with zero attached hydrogens (tertiary/aromatic N) is 2. The Labute approximate surface area is 132 Å². The van der Waals surface area contributed by atoms with Gasteiger partial charge in [0.25, 0.3) is 0 Å². The second kappa shape index (κ2) is 5.14. The van der Waals surface area contributed by atoms with E-state index >= 15 is 0 Å². The molecule has 3 rings (SSSR count). The van der Waals surface area contributed by atoms with Crippen molar-refractivity contribution in [2.45, 2.75) is 18.4 Å². The molecule has 1 aromatic heterocycles. The number of sulfone groups is 1. The minimum atomic E-state index is -3.29. The highest BCUT2D eigenvalue weighted by Gasteiger charge is 2.22. The molecule has 0 bridgehead atoms. The highest BCUT2D eigenvalue weighted by atomic mass is 79.9. The maximum Gasteiger partial charge on any atom is 0.177 e. The molecule has 0 amide bonds. The molecule has 112 valence electrons. The number of aliphatic imine (C=N–C) groups is 1. The van der Waals surface area contributed by atoms with Gasteiger partial charge in [-0.1, -0.05) is 15.9 Å². The topological polar surface area (TPSA) is 63.5 Å². The number of hydrogen-bond acceptors (Lipinski definition) is 4. The number of amidine groups is 1. The number of hydrogen-bond donors (Lipinski definition) is 1. The van der Waals surface area contributed by atoms with E-state index in [4.69, 9.17) is 0 Å². The zero-order valence-electron chi connectivity index (χ0n) is 11.9. The average molecular weight is 370 g/mol. The van der Waals surface area contributed by atoms with E-state index in [0.29, 0.717) is 11.4 Å². The molecule has 0 atom stereocenters. The highest BCUT2D eigenvalue weighted by molar-refractivity contribution is 9.10. The second-order valence-electron chi connectivity index (χ2n) is 5.19. The molecule has 7 heteroatoms. The molecule has 0 saturated heterocycles. The van der Waals surface area contributed by atoms with Crippen LogP contribution in [0.3, 0.4) is 0 Å². The van der Waals surface area contributed by atoms with Crippen molar-refractivity contribution in [1.29, 1.82) is 0 Å². The Morgan fingerprint density at radius 1 is 1.43 bits per heavy atom. The van der Waals surface area contributed by atoms with Gasteiger partial charge in [0.2, 0.25) is 0 Å². The molecule has 2 aromatic rings. The average Bonchev–Trinajstić information content (AvgIpc) is 2.96. The van der Waals surface area contributed by atoms with Crippen LogP contribution < -0.4 is 5.32 Å². The molecule has 1 aliphatic rings. The lowest BCUT2D eigenvalue weighted by Gasteiger charge is -2.09. The predicted octanol–water partition coefficient (Wildman–Crippen LogP) is 2.12. The Morgan fingerprint density at radius 2 is 2.19 bits per heavy atom. The maximum atomic E-state index is 12.2. The molecular weight excluding hydrogens is 354 g/mol. The summed E-state index contributed by atoms with van der Waals surface area (Å²) < 4.78 is 27.2. The van der Waals surface area contributed by atoms with Gasteiger partial charge in [-0.25, -0.2) is 8.42 Å². The number of benzene rings is 1. The van der Waals surface area contributed by atoms with E-state index in [1.165, 1.54) is 6.26 Å². The predicted molar refractivity (Wildman–Crippen MR) is 87.8 cm³/mol. The van der Waals surface area contributed by atoms with Crippen LogP contribution in [0.5, 0.6) is 0 Å². The van der Waals surface area contributed by atoms with Crippen molar-refractivity contribution in [3.63, 3.8) is 0 Å². The third kappa shape index (κ3) is 2.60. The minimum Gasteiger partial charge on any atom is -0.370 e. The van der Waals surface area contributed by atoms with Crippen molar-refractivity contribution in [3.05, 3.63) is 28.4 Å². The number of nitrogens with one attached hydrogen (secondary N) is 1. The van der Waals surface area contributed by atoms with Gasteiger partial charge in [-0.05, 0) is 25.1 Å². The third-order valence-corrected chi connectivity index (χ3v) is 5.40. The fourth-order valence-electron chi connectivity index (χ4n) is 2.80. The van der Waals surface area contributed by atoms with E-state index in [2.05, 4.69) is 26.2 Å². The van der Waals surface area contributed by atoms with Crippen molar-refractivity contribution in [2.24, 2.45) is 4.99 Å². The van der Waals surface area contributed by atoms with Crippen molar-refractivity contribution >= 4 is 42.5 Å². The van der Waals surface area contributed by atoms with Gasteiger partial charge in [0.1, 0.15) is 5.84 Å². The zero-order valence-corrected chi connectivity index (χ0v) is 14.3. The molecule has 0 radical (unpaired) electrons. The van der Waals surface area contributed by atoms with Gasteiger partial charge >= 0.3 is 0 Å². The van der Waals surface area contributed by atoms with Crippen LogP contribution in [0.25, 0.3) is 10.9 Å². The fraction of sp³-hybridized carbons (Fsp3) is 0.357. The van der Waals surface area contributed by atoms with E-state index in [1.807, 2.05) is 29.7 Å². The van der Waals surface area contributed by atoms with E-state index in [0.717, 1.165) is 40.0 Å². The molecule has 2 heterocycles. The zero-order chi connectivity index (χ0) is 15.2. The van der Waals surface area contributed by atoms with E-state index in [-0.39, 0.29) is 0 Å². The standard InChI is InChI=1S/C14H16BrN3O2S/c1-9-14(21(2,19)20)11-7-10(15)3-4-12(11)18(9)8-13-16-5-6-17-13/h3-4,7H,5-6,8H2,1-2H3,(H,16,17). The van der Waals surface area contributed by atoms with Gasteiger partial charge in [-0.15, -0.1) is 0 Å². The Balaban J connectivity index is 2.27. The number of fused-ring (bicyclic) bond motifs is 1. The second-order valence-corrected chi connectivity index (χ2v) is 8.06. The summed E-state index contributed by atoms with van der Waals surface area (Å²) in [5.41, 5.74) is 1.66. The lowest BCUT2D eigenvalue weighted by molar-refractivity contribution is 0.601. The van der Waals surface area contributed by atoms with Crippen LogP contribution in [0.4, 0.5) is 0 Å². The first kappa shape index (κ1) is 14.6. The summed E-state index contributed by atoms with van der Waals surface area (Å²) >= 11 is 3.42. The van der Waals surface area contributed by atoms with Gasteiger partial charge < -0.3 is 9.88 Å². The number of halogens is 1. The molecule has 21 heavy (non-hydrogen) atoms. The molecule has 5 nitrogen and oxygen atoms in total. The quantitative estimate of drug-likeness (QED) is 0.900. The lowest BCUT2D eigenvalue weighted by atomic mass is 10.2. The van der Waals surface area contributed by atoms with Crippen LogP contribution in [0.15, 0.2) is 32.6 Å². The molecule has 0 fully saturated rings. The summed E-state index contributed by atoms with van der Waals surface area (Å²) in [6, 6.07) is 5.73. The summed E-state index contributed by atoms with van der Waals surface area (Å²) in [5.74, 6) is 0.901. The van der Waals surface area contributed by atoms with Gasteiger partial charge in [-0.2, -0.15) is 0 Å². The molecule has 1 aromatic carbocycles. The SMILES string of the molecule is Cc1c(S(C)(=O)=O)c2cc(Br)ccc2n1CC1=NCCN1. The van der Waals surface area contributed by atoms with Crippen molar-refractivity contribution in [3.8, 4) is 0 Å². The smallest absolute Gasteiger partial charge is 0.177 e. The Hall–Kier alpha value is -1.34. The first-order valence-corrected chi connectivity index (χ1v) is 9.32. The minimum absolute atomic E-state index is 0.400. The third-order valence-electron chi connectivity index (χ3n) is 3.65. The molecule has 0 aliphatic carbocycles. The van der Waals surface area contributed by atoms with Crippen LogP contribution in [-0.4, -0.2) is 38.2 Å². The largest absolute Gasteiger partial charge is 0.370 e. The molecule has 0 spiro atoms. The van der Waals surface area contributed by atoms with E-state index < -0.39 is 9.84 Å². The van der Waals surface area contributed by atoms with Crippen LogP contribution in [-0.2, 0) is 16.4 Å². The van der Waals surface area contributed by atoms with Crippen LogP contribution in [0.2, 0.25) is 0 Å². The first-order chi connectivity index (χ1) is 9.88. The Kier molecular flexibility index (Phi) is 3.57. The van der Waals surface area contributed by atoms with Gasteiger partial charge in [0.15, 0.2) is 9.84 Å². The Morgan fingerprint density at radius 3 is 2.81 bits per heavy atom. The Bertz CT molecular complexity index is 853. The summed E-state index contributed by atoms with van der Waals surface area (Å²) in [6.45, 7) is 4.04. The highest BCUT2D eigenvalue weighted by Crippen LogP contribution is 2.32. The number of rotatable bonds is 3. The van der Waals surface area contributed by atoms with E-state index in [1.54, 1.807) is 0 Å². The first-order valence-electron chi connectivity index (χ1n) is 6.63. The van der Waals surface area contributed by atoms with Gasteiger partial charge in [0, 0.05) is 28.4 Å². The maximum absolute atomic E-state index is 12.2. The lowest BCUT2D eigenvalue weighted by Crippen LogP contribution is -2.24. The monoisotopic (exact) mass is 369 g/mol.